The highest BCUT2D eigenvalue weighted by atomic mass is 19.2. The number of hydrogen-bond acceptors (Lipinski definition) is 3. The lowest BCUT2D eigenvalue weighted by Gasteiger charge is -2.52. The quantitative estimate of drug-likeness (QED) is 0.352. The Kier molecular flexibility index (Phi) is 5.32. The van der Waals surface area contributed by atoms with Crippen LogP contribution in [0.2, 0.25) is 0 Å². The molecular weight excluding hydrogens is 414 g/mol. The molecule has 0 spiro atoms. The second-order valence-corrected chi connectivity index (χ2v) is 7.69. The fourth-order valence-corrected chi connectivity index (χ4v) is 3.78. The lowest BCUT2D eigenvalue weighted by atomic mass is 9.83. The number of benzene rings is 2. The molecule has 0 radical (unpaired) electrons. The molecule has 3 saturated heterocycles. The molecule has 9 heteroatoms. The van der Waals surface area contributed by atoms with E-state index in [1.807, 2.05) is 6.92 Å². The van der Waals surface area contributed by atoms with Gasteiger partial charge in [-0.2, -0.15) is 0 Å². The van der Waals surface area contributed by atoms with Crippen molar-refractivity contribution in [3.8, 4) is 11.1 Å². The zero-order chi connectivity index (χ0) is 21.7. The molecule has 0 unspecified atom stereocenters. The molecule has 5 rings (SSSR count). The lowest BCUT2D eigenvalue weighted by Crippen LogP contribution is -2.58. The number of fused-ring (bicyclic) bond motifs is 3. The second-order valence-electron chi connectivity index (χ2n) is 7.69. The van der Waals surface area contributed by atoms with Gasteiger partial charge in [0.1, 0.15) is 11.4 Å². The maximum Gasteiger partial charge on any atom is 0.318 e. The summed E-state index contributed by atoms with van der Waals surface area (Å²) in [6, 6.07) is 1.43. The molecule has 3 aliphatic rings. The van der Waals surface area contributed by atoms with E-state index in [0.29, 0.717) is 18.2 Å². The fourth-order valence-electron chi connectivity index (χ4n) is 3.78. The summed E-state index contributed by atoms with van der Waals surface area (Å²) < 4.78 is 101. The molecule has 3 aliphatic heterocycles. The van der Waals surface area contributed by atoms with Crippen molar-refractivity contribution in [2.24, 2.45) is 5.41 Å². The van der Waals surface area contributed by atoms with Gasteiger partial charge in [0, 0.05) is 11.0 Å². The topological polar surface area (TPSA) is 27.7 Å². The first kappa shape index (κ1) is 21.1. The molecule has 30 heavy (non-hydrogen) atoms. The van der Waals surface area contributed by atoms with E-state index in [1.165, 1.54) is 0 Å². The lowest BCUT2D eigenvalue weighted by molar-refractivity contribution is -0.482. The third-order valence-corrected chi connectivity index (χ3v) is 5.53. The first-order valence-corrected chi connectivity index (χ1v) is 9.47. The zero-order valence-electron chi connectivity index (χ0n) is 16.0. The van der Waals surface area contributed by atoms with Crippen LogP contribution in [0, 0.1) is 40.3 Å². The summed E-state index contributed by atoms with van der Waals surface area (Å²) >= 11 is 0. The highest BCUT2D eigenvalue weighted by Crippen LogP contribution is 2.48. The van der Waals surface area contributed by atoms with Crippen molar-refractivity contribution in [2.45, 2.75) is 32.2 Å². The number of hydrogen-bond donors (Lipinski definition) is 0. The number of halogens is 6. The molecule has 0 amide bonds. The molecule has 0 atom stereocenters. The Hall–Kier alpha value is -2.10. The predicted octanol–water partition coefficient (Wildman–Crippen LogP) is 5.55. The Morgan fingerprint density at radius 1 is 0.767 bits per heavy atom. The molecule has 3 nitrogen and oxygen atoms in total. The third-order valence-electron chi connectivity index (χ3n) is 5.53. The maximum absolute atomic E-state index is 14.9. The van der Waals surface area contributed by atoms with Crippen LogP contribution in [0.3, 0.4) is 0 Å². The van der Waals surface area contributed by atoms with Gasteiger partial charge in [-0.25, -0.2) is 26.3 Å². The van der Waals surface area contributed by atoms with Crippen molar-refractivity contribution in [1.29, 1.82) is 0 Å². The van der Waals surface area contributed by atoms with Crippen LogP contribution in [0.4, 0.5) is 26.3 Å². The number of rotatable bonds is 5. The van der Waals surface area contributed by atoms with E-state index in [-0.39, 0.29) is 19.8 Å². The summed E-state index contributed by atoms with van der Waals surface area (Å²) in [7, 11) is 0. The Morgan fingerprint density at radius 2 is 1.33 bits per heavy atom. The zero-order valence-corrected chi connectivity index (χ0v) is 16.0. The average molecular weight is 432 g/mol. The highest BCUT2D eigenvalue weighted by Gasteiger charge is 2.56. The van der Waals surface area contributed by atoms with Crippen LogP contribution >= 0.6 is 0 Å². The van der Waals surface area contributed by atoms with Crippen LogP contribution in [-0.4, -0.2) is 19.8 Å². The minimum atomic E-state index is -2.25. The van der Waals surface area contributed by atoms with Gasteiger partial charge in [-0.1, -0.05) is 19.8 Å². The smallest absolute Gasteiger partial charge is 0.318 e. The summed E-state index contributed by atoms with van der Waals surface area (Å²) in [6.07, 6.45) is 2.56. The van der Waals surface area contributed by atoms with E-state index < -0.39 is 63.0 Å². The molecular formula is C21H18F6O3. The molecule has 0 N–H and O–H groups in total. The molecule has 2 aromatic rings. The van der Waals surface area contributed by atoms with Gasteiger partial charge in [-0.15, -0.1) is 0 Å². The van der Waals surface area contributed by atoms with Gasteiger partial charge >= 0.3 is 5.97 Å². The van der Waals surface area contributed by atoms with E-state index in [1.54, 1.807) is 0 Å². The van der Waals surface area contributed by atoms with Gasteiger partial charge in [0.2, 0.25) is 0 Å². The molecule has 162 valence electrons. The first-order chi connectivity index (χ1) is 14.2. The molecule has 2 bridgehead atoms. The number of ether oxygens (including phenoxy) is 3. The maximum atomic E-state index is 14.9. The van der Waals surface area contributed by atoms with Crippen LogP contribution < -0.4 is 0 Å². The molecule has 2 aromatic carbocycles. The Bertz CT molecular complexity index is 946. The van der Waals surface area contributed by atoms with Crippen molar-refractivity contribution >= 4 is 0 Å². The third kappa shape index (κ3) is 3.29. The minimum Gasteiger partial charge on any atom is -0.323 e. The monoisotopic (exact) mass is 432 g/mol. The van der Waals surface area contributed by atoms with Crippen LogP contribution in [-0.2, 0) is 20.2 Å². The molecule has 3 fully saturated rings. The van der Waals surface area contributed by atoms with Gasteiger partial charge in [0.15, 0.2) is 29.1 Å². The van der Waals surface area contributed by atoms with E-state index in [2.05, 4.69) is 0 Å². The Balaban J connectivity index is 1.72. The van der Waals surface area contributed by atoms with Crippen molar-refractivity contribution in [3.63, 3.8) is 0 Å². The predicted molar refractivity (Wildman–Crippen MR) is 93.1 cm³/mol. The van der Waals surface area contributed by atoms with E-state index >= 15 is 0 Å². The minimum absolute atomic E-state index is 0.115. The average Bonchev–Trinajstić information content (AvgIpc) is 2.74. The SMILES string of the molecule is CCCCC12COC(c3c(F)cc(-c4cc(F)c(F)c(F)c4)c(F)c3F)(OC1)OC2. The van der Waals surface area contributed by atoms with E-state index in [9.17, 15) is 26.3 Å². The summed E-state index contributed by atoms with van der Waals surface area (Å²) in [4.78, 5) is 0. The summed E-state index contributed by atoms with van der Waals surface area (Å²) in [5.41, 5.74) is -2.71. The van der Waals surface area contributed by atoms with Crippen molar-refractivity contribution < 1.29 is 40.6 Å². The van der Waals surface area contributed by atoms with Gasteiger partial charge in [0.05, 0.1) is 19.8 Å². The van der Waals surface area contributed by atoms with Crippen LogP contribution in [0.5, 0.6) is 0 Å². The summed E-state index contributed by atoms with van der Waals surface area (Å²) in [6.45, 7) is 2.36. The van der Waals surface area contributed by atoms with E-state index in [0.717, 1.165) is 19.3 Å². The Morgan fingerprint density at radius 3 is 1.87 bits per heavy atom. The largest absolute Gasteiger partial charge is 0.323 e. The standard InChI is InChI=1S/C21H18F6O3/c1-2-3-4-20-8-28-21(29-9-20,30-10-20)16-13(22)7-12(17(25)19(16)27)11-5-14(23)18(26)15(24)6-11/h5-7H,2-4,8-10H2,1H3. The molecule has 0 aliphatic carbocycles. The molecule has 3 heterocycles. The normalized spacial score (nSPS) is 25.7. The van der Waals surface area contributed by atoms with Crippen molar-refractivity contribution in [3.05, 3.63) is 58.7 Å². The van der Waals surface area contributed by atoms with Gasteiger partial charge in [0.25, 0.3) is 0 Å². The summed E-state index contributed by atoms with van der Waals surface area (Å²) in [5.74, 6) is -11.8. The van der Waals surface area contributed by atoms with Crippen molar-refractivity contribution in [1.82, 2.24) is 0 Å². The van der Waals surface area contributed by atoms with Gasteiger partial charge < -0.3 is 14.2 Å². The summed E-state index contributed by atoms with van der Waals surface area (Å²) in [5, 5.41) is 0. The van der Waals surface area contributed by atoms with E-state index in [4.69, 9.17) is 14.2 Å². The Labute approximate surface area is 168 Å². The molecule has 0 saturated carbocycles. The van der Waals surface area contributed by atoms with Crippen LogP contribution in [0.1, 0.15) is 31.7 Å². The fraction of sp³-hybridized carbons (Fsp3) is 0.429. The number of unbranched alkanes of at least 4 members (excludes halogenated alkanes) is 1. The van der Waals surface area contributed by atoms with Gasteiger partial charge in [-0.05, 0) is 30.2 Å². The van der Waals surface area contributed by atoms with Crippen LogP contribution in [0.25, 0.3) is 11.1 Å². The second kappa shape index (κ2) is 7.55. The van der Waals surface area contributed by atoms with Crippen molar-refractivity contribution in [2.75, 3.05) is 19.8 Å². The highest BCUT2D eigenvalue weighted by molar-refractivity contribution is 5.65. The molecule has 0 aromatic heterocycles. The van der Waals surface area contributed by atoms with Crippen LogP contribution in [0.15, 0.2) is 18.2 Å². The van der Waals surface area contributed by atoms with Gasteiger partial charge in [-0.3, -0.25) is 0 Å². The first-order valence-electron chi connectivity index (χ1n) is 9.47.